The maximum absolute atomic E-state index is 9.73. The van der Waals surface area contributed by atoms with Crippen LogP contribution in [0.5, 0.6) is 0 Å². The Kier molecular flexibility index (Phi) is 3.49. The third-order valence-corrected chi connectivity index (χ3v) is 3.55. The minimum atomic E-state index is -0.389. The average Bonchev–Trinajstić information content (AvgIpc) is 2.23. The number of aliphatic hydroxyl groups is 1. The lowest BCUT2D eigenvalue weighted by molar-refractivity contribution is 0.199. The number of benzene rings is 1. The van der Waals surface area contributed by atoms with Gasteiger partial charge in [-0.05, 0) is 31.7 Å². The fourth-order valence-electron chi connectivity index (χ4n) is 2.35. The van der Waals surface area contributed by atoms with Crippen LogP contribution in [0.25, 0.3) is 0 Å². The van der Waals surface area contributed by atoms with Crippen molar-refractivity contribution in [3.63, 3.8) is 0 Å². The lowest BCUT2D eigenvalue weighted by Gasteiger charge is -2.32. The van der Waals surface area contributed by atoms with Gasteiger partial charge < -0.3 is 10.0 Å². The molecule has 1 aliphatic carbocycles. The predicted molar refractivity (Wildman–Crippen MR) is 67.7 cm³/mol. The average molecular weight is 219 g/mol. The van der Waals surface area contributed by atoms with E-state index in [2.05, 4.69) is 18.0 Å². The van der Waals surface area contributed by atoms with Crippen molar-refractivity contribution in [2.24, 2.45) is 5.92 Å². The minimum absolute atomic E-state index is 0.389. The van der Waals surface area contributed by atoms with Gasteiger partial charge in [0.25, 0.3) is 0 Å². The quantitative estimate of drug-likeness (QED) is 0.841. The molecule has 0 saturated heterocycles. The van der Waals surface area contributed by atoms with Gasteiger partial charge in [0.15, 0.2) is 0 Å². The van der Waals surface area contributed by atoms with E-state index in [4.69, 9.17) is 0 Å². The van der Waals surface area contributed by atoms with Crippen LogP contribution in [0.1, 0.15) is 37.9 Å². The summed E-state index contributed by atoms with van der Waals surface area (Å²) in [5.41, 5.74) is 2.20. The van der Waals surface area contributed by atoms with E-state index in [1.54, 1.807) is 0 Å². The van der Waals surface area contributed by atoms with E-state index in [0.29, 0.717) is 0 Å². The SMILES string of the molecule is CC(O)c1ccccc1N(C)CC1CCC1. The Hall–Kier alpha value is -1.02. The zero-order chi connectivity index (χ0) is 11.5. The largest absolute Gasteiger partial charge is 0.389 e. The van der Waals surface area contributed by atoms with Crippen LogP contribution < -0.4 is 4.90 Å². The third-order valence-electron chi connectivity index (χ3n) is 3.55. The Labute approximate surface area is 97.9 Å². The van der Waals surface area contributed by atoms with Crippen molar-refractivity contribution in [3.05, 3.63) is 29.8 Å². The zero-order valence-corrected chi connectivity index (χ0v) is 10.2. The molecule has 1 aromatic carbocycles. The van der Waals surface area contributed by atoms with Crippen molar-refractivity contribution in [1.29, 1.82) is 0 Å². The van der Waals surface area contributed by atoms with Gasteiger partial charge in [0.2, 0.25) is 0 Å². The fourth-order valence-corrected chi connectivity index (χ4v) is 2.35. The van der Waals surface area contributed by atoms with Crippen molar-refractivity contribution in [3.8, 4) is 0 Å². The highest BCUT2D eigenvalue weighted by Crippen LogP contribution is 2.31. The number of nitrogens with zero attached hydrogens (tertiary/aromatic N) is 1. The second-order valence-electron chi connectivity index (χ2n) is 4.91. The van der Waals surface area contributed by atoms with Crippen LogP contribution in [-0.2, 0) is 0 Å². The summed E-state index contributed by atoms with van der Waals surface area (Å²) in [5, 5.41) is 9.73. The highest BCUT2D eigenvalue weighted by Gasteiger charge is 2.20. The van der Waals surface area contributed by atoms with Gasteiger partial charge in [-0.1, -0.05) is 24.6 Å². The van der Waals surface area contributed by atoms with E-state index in [1.165, 1.54) is 24.9 Å². The minimum Gasteiger partial charge on any atom is -0.389 e. The second-order valence-corrected chi connectivity index (χ2v) is 4.91. The van der Waals surface area contributed by atoms with Gasteiger partial charge in [-0.25, -0.2) is 0 Å². The molecule has 0 bridgehead atoms. The lowest BCUT2D eigenvalue weighted by Crippen LogP contribution is -2.30. The predicted octanol–water partition coefficient (Wildman–Crippen LogP) is 2.98. The highest BCUT2D eigenvalue weighted by molar-refractivity contribution is 5.54. The molecule has 1 fully saturated rings. The molecular weight excluding hydrogens is 198 g/mol. The molecule has 0 spiro atoms. The number of hydrogen-bond acceptors (Lipinski definition) is 2. The maximum Gasteiger partial charge on any atom is 0.0781 e. The Morgan fingerprint density at radius 3 is 2.62 bits per heavy atom. The van der Waals surface area contributed by atoms with Crippen LogP contribution in [-0.4, -0.2) is 18.7 Å². The Balaban J connectivity index is 2.11. The molecule has 1 saturated carbocycles. The van der Waals surface area contributed by atoms with Crippen LogP contribution in [0, 0.1) is 5.92 Å². The molecule has 0 amide bonds. The molecule has 0 radical (unpaired) electrons. The molecule has 0 aliphatic heterocycles. The number of anilines is 1. The standard InChI is InChI=1S/C14H21NO/c1-11(16)13-8-3-4-9-14(13)15(2)10-12-6-5-7-12/h3-4,8-9,11-12,16H,5-7,10H2,1-2H3. The first-order valence-electron chi connectivity index (χ1n) is 6.16. The van der Waals surface area contributed by atoms with Gasteiger partial charge in [0.05, 0.1) is 6.10 Å². The smallest absolute Gasteiger partial charge is 0.0781 e. The second kappa shape index (κ2) is 4.88. The normalized spacial score (nSPS) is 17.9. The van der Waals surface area contributed by atoms with E-state index in [-0.39, 0.29) is 6.10 Å². The molecule has 2 nitrogen and oxygen atoms in total. The summed E-state index contributed by atoms with van der Waals surface area (Å²) in [6, 6.07) is 8.14. The van der Waals surface area contributed by atoms with Crippen molar-refractivity contribution in [2.45, 2.75) is 32.3 Å². The van der Waals surface area contributed by atoms with Gasteiger partial charge in [-0.15, -0.1) is 0 Å². The van der Waals surface area contributed by atoms with E-state index >= 15 is 0 Å². The first-order valence-corrected chi connectivity index (χ1v) is 6.16. The maximum atomic E-state index is 9.73. The highest BCUT2D eigenvalue weighted by atomic mass is 16.3. The Morgan fingerprint density at radius 2 is 2.06 bits per heavy atom. The monoisotopic (exact) mass is 219 g/mol. The van der Waals surface area contributed by atoms with Crippen LogP contribution in [0.15, 0.2) is 24.3 Å². The molecular formula is C14H21NO. The van der Waals surface area contributed by atoms with E-state index in [0.717, 1.165) is 18.0 Å². The molecule has 0 aromatic heterocycles. The first-order chi connectivity index (χ1) is 7.68. The summed E-state index contributed by atoms with van der Waals surface area (Å²) in [7, 11) is 2.12. The fraction of sp³-hybridized carbons (Fsp3) is 0.571. The number of rotatable bonds is 4. The van der Waals surface area contributed by atoms with Gasteiger partial charge in [-0.3, -0.25) is 0 Å². The molecule has 0 heterocycles. The van der Waals surface area contributed by atoms with Crippen molar-refractivity contribution in [2.75, 3.05) is 18.5 Å². The third kappa shape index (κ3) is 2.38. The summed E-state index contributed by atoms with van der Waals surface area (Å²) in [5.74, 6) is 0.854. The summed E-state index contributed by atoms with van der Waals surface area (Å²) in [6.45, 7) is 2.94. The van der Waals surface area contributed by atoms with Crippen LogP contribution >= 0.6 is 0 Å². The Morgan fingerprint density at radius 1 is 1.38 bits per heavy atom. The first kappa shape index (κ1) is 11.5. The lowest BCUT2D eigenvalue weighted by atomic mass is 9.85. The van der Waals surface area contributed by atoms with Crippen LogP contribution in [0.3, 0.4) is 0 Å². The van der Waals surface area contributed by atoms with E-state index < -0.39 is 0 Å². The number of aliphatic hydroxyl groups excluding tert-OH is 1. The molecule has 1 aromatic rings. The van der Waals surface area contributed by atoms with E-state index in [1.807, 2.05) is 25.1 Å². The molecule has 2 heteroatoms. The molecule has 1 atom stereocenters. The van der Waals surface area contributed by atoms with Crippen molar-refractivity contribution >= 4 is 5.69 Å². The van der Waals surface area contributed by atoms with Crippen LogP contribution in [0.2, 0.25) is 0 Å². The van der Waals surface area contributed by atoms with Gasteiger partial charge in [-0.2, -0.15) is 0 Å². The summed E-state index contributed by atoms with van der Waals surface area (Å²) in [6.07, 6.45) is 3.72. The number of para-hydroxylation sites is 1. The summed E-state index contributed by atoms with van der Waals surface area (Å²) in [4.78, 5) is 2.28. The molecule has 2 rings (SSSR count). The van der Waals surface area contributed by atoms with E-state index in [9.17, 15) is 5.11 Å². The molecule has 1 unspecified atom stereocenters. The summed E-state index contributed by atoms with van der Waals surface area (Å²) < 4.78 is 0. The van der Waals surface area contributed by atoms with Crippen molar-refractivity contribution in [1.82, 2.24) is 0 Å². The summed E-state index contributed by atoms with van der Waals surface area (Å²) >= 11 is 0. The van der Waals surface area contributed by atoms with Gasteiger partial charge in [0, 0.05) is 24.8 Å². The number of hydrogen-bond donors (Lipinski definition) is 1. The van der Waals surface area contributed by atoms with Gasteiger partial charge >= 0.3 is 0 Å². The van der Waals surface area contributed by atoms with Gasteiger partial charge in [0.1, 0.15) is 0 Å². The topological polar surface area (TPSA) is 23.5 Å². The molecule has 1 N–H and O–H groups in total. The van der Waals surface area contributed by atoms with Crippen LogP contribution in [0.4, 0.5) is 5.69 Å². The molecule has 88 valence electrons. The molecule has 16 heavy (non-hydrogen) atoms. The Bertz CT molecular complexity index is 344. The van der Waals surface area contributed by atoms with Crippen molar-refractivity contribution < 1.29 is 5.11 Å². The zero-order valence-electron chi connectivity index (χ0n) is 10.2. The molecule has 1 aliphatic rings.